The molecule has 6 aromatic carbocycles. The molecule has 0 aromatic heterocycles. The highest BCUT2D eigenvalue weighted by Gasteiger charge is 2.20. The van der Waals surface area contributed by atoms with Gasteiger partial charge in [0.1, 0.15) is 5.75 Å². The smallest absolute Gasteiger partial charge is 0.338 e. The lowest BCUT2D eigenvalue weighted by atomic mass is 10.0. The van der Waals surface area contributed by atoms with E-state index < -0.39 is 5.97 Å². The molecule has 0 saturated carbocycles. The van der Waals surface area contributed by atoms with Gasteiger partial charge in [0.2, 0.25) is 0 Å². The highest BCUT2D eigenvalue weighted by molar-refractivity contribution is 5.89. The minimum absolute atomic E-state index is 0.358. The maximum atomic E-state index is 12.2. The molecule has 0 spiro atoms. The number of rotatable bonds is 9. The normalized spacial score (nSPS) is 10.8. The number of anilines is 6. The van der Waals surface area contributed by atoms with E-state index in [-0.39, 0.29) is 0 Å². The Morgan fingerprint density at radius 2 is 0.854 bits per heavy atom. The zero-order chi connectivity index (χ0) is 33.8. The second kappa shape index (κ2) is 13.9. The molecule has 0 atom stereocenters. The quantitative estimate of drug-likeness (QED) is 0.0906. The molecule has 4 heteroatoms. The largest absolute Gasteiger partial charge is 0.423 e. The van der Waals surface area contributed by atoms with Gasteiger partial charge in [-0.05, 0) is 147 Å². The highest BCUT2D eigenvalue weighted by atomic mass is 16.5. The van der Waals surface area contributed by atoms with Gasteiger partial charge in [0.05, 0.1) is 0 Å². The zero-order valence-electron chi connectivity index (χ0n) is 28.2. The van der Waals surface area contributed by atoms with Gasteiger partial charge in [-0.15, -0.1) is 0 Å². The van der Waals surface area contributed by atoms with E-state index in [1.807, 2.05) is 24.3 Å². The van der Waals surface area contributed by atoms with E-state index >= 15 is 0 Å². The third kappa shape index (κ3) is 7.24. The predicted molar refractivity (Wildman–Crippen MR) is 201 cm³/mol. The summed E-state index contributed by atoms with van der Waals surface area (Å²) >= 11 is 0. The average Bonchev–Trinajstić information content (AvgIpc) is 3.05. The first-order valence-electron chi connectivity index (χ1n) is 16.1. The molecule has 0 aliphatic carbocycles. The van der Waals surface area contributed by atoms with E-state index in [0.717, 1.165) is 45.3 Å². The molecule has 238 valence electrons. The first-order chi connectivity index (χ1) is 23.1. The van der Waals surface area contributed by atoms with Crippen molar-refractivity contribution in [1.29, 1.82) is 0 Å². The number of esters is 1. The summed E-state index contributed by atoms with van der Waals surface area (Å²) in [5.41, 5.74) is 13.4. The highest BCUT2D eigenvalue weighted by Crippen LogP contribution is 2.43. The maximum Gasteiger partial charge on any atom is 0.338 e. The second-order valence-corrected chi connectivity index (χ2v) is 12.5. The number of carbonyl (C=O) groups excluding carboxylic acids is 1. The first-order valence-corrected chi connectivity index (χ1v) is 16.1. The average molecular weight is 629 g/mol. The number of ether oxygens (including phenoxy) is 1. The van der Waals surface area contributed by atoms with Crippen molar-refractivity contribution in [3.63, 3.8) is 0 Å². The van der Waals surface area contributed by atoms with Crippen LogP contribution in [-0.2, 0) is 4.79 Å². The summed E-state index contributed by atoms with van der Waals surface area (Å²) in [5.74, 6) is 0.0383. The van der Waals surface area contributed by atoms with E-state index in [1.165, 1.54) is 22.3 Å². The number of hydrogen-bond acceptors (Lipinski definition) is 4. The molecule has 0 aliphatic heterocycles. The number of carbonyl (C=O) groups is 1. The Bertz CT molecular complexity index is 1910. The van der Waals surface area contributed by atoms with Crippen molar-refractivity contribution in [3.05, 3.63) is 174 Å². The number of nitrogens with zero attached hydrogens (tertiary/aromatic N) is 2. The van der Waals surface area contributed by atoms with Gasteiger partial charge in [-0.2, -0.15) is 0 Å². The van der Waals surface area contributed by atoms with Crippen LogP contribution in [0.5, 0.6) is 5.75 Å². The summed E-state index contributed by atoms with van der Waals surface area (Å²) in [6.07, 6.45) is 0. The van der Waals surface area contributed by atoms with Gasteiger partial charge in [-0.25, -0.2) is 4.79 Å². The minimum atomic E-state index is -0.439. The Labute approximate surface area is 284 Å². The minimum Gasteiger partial charge on any atom is -0.423 e. The fourth-order valence-electron chi connectivity index (χ4n) is 5.89. The predicted octanol–water partition coefficient (Wildman–Crippen LogP) is 12.0. The van der Waals surface area contributed by atoms with Gasteiger partial charge in [-0.3, -0.25) is 0 Å². The molecule has 0 radical (unpaired) electrons. The van der Waals surface area contributed by atoms with Gasteiger partial charge >= 0.3 is 5.97 Å². The van der Waals surface area contributed by atoms with Crippen molar-refractivity contribution < 1.29 is 9.53 Å². The van der Waals surface area contributed by atoms with E-state index in [0.29, 0.717) is 11.3 Å². The third-order valence-electron chi connectivity index (χ3n) is 8.21. The Hall–Kier alpha value is -5.87. The van der Waals surface area contributed by atoms with Crippen molar-refractivity contribution in [1.82, 2.24) is 0 Å². The molecule has 0 N–H and O–H groups in total. The Morgan fingerprint density at radius 1 is 0.479 bits per heavy atom. The molecule has 0 unspecified atom stereocenters. The van der Waals surface area contributed by atoms with Crippen LogP contribution >= 0.6 is 0 Å². The number of hydrogen-bond donors (Lipinski definition) is 0. The van der Waals surface area contributed by atoms with E-state index in [2.05, 4.69) is 159 Å². The van der Waals surface area contributed by atoms with Crippen LogP contribution in [0.1, 0.15) is 29.2 Å². The Balaban J connectivity index is 1.60. The van der Waals surface area contributed by atoms with Crippen molar-refractivity contribution >= 4 is 40.1 Å². The number of aryl methyl sites for hydroxylation is 4. The fraction of sp³-hybridized carbons (Fsp3) is 0.114. The molecule has 0 bridgehead atoms. The molecule has 0 amide bonds. The van der Waals surface area contributed by atoms with Gasteiger partial charge in [-0.1, -0.05) is 67.2 Å². The van der Waals surface area contributed by atoms with E-state index in [1.54, 1.807) is 6.92 Å². The van der Waals surface area contributed by atoms with Crippen LogP contribution < -0.4 is 14.5 Å². The van der Waals surface area contributed by atoms with Crippen molar-refractivity contribution in [2.75, 3.05) is 9.80 Å². The van der Waals surface area contributed by atoms with Crippen LogP contribution in [0.2, 0.25) is 0 Å². The molecule has 6 rings (SSSR count). The summed E-state index contributed by atoms with van der Waals surface area (Å²) in [6.45, 7) is 13.8. The molecule has 48 heavy (non-hydrogen) atoms. The van der Waals surface area contributed by atoms with Gasteiger partial charge in [0.25, 0.3) is 0 Å². The molecule has 0 heterocycles. The van der Waals surface area contributed by atoms with Crippen LogP contribution in [-0.4, -0.2) is 5.97 Å². The molecule has 0 aliphatic rings. The Morgan fingerprint density at radius 3 is 1.19 bits per heavy atom. The van der Waals surface area contributed by atoms with Crippen LogP contribution in [0, 0.1) is 27.7 Å². The molecule has 0 saturated heterocycles. The van der Waals surface area contributed by atoms with E-state index in [9.17, 15) is 4.79 Å². The van der Waals surface area contributed by atoms with Crippen LogP contribution in [0.3, 0.4) is 0 Å². The lowest BCUT2D eigenvalue weighted by Crippen LogP contribution is -2.14. The molecule has 4 nitrogen and oxygen atoms in total. The van der Waals surface area contributed by atoms with E-state index in [4.69, 9.17) is 4.74 Å². The number of benzene rings is 6. The SMILES string of the molecule is C=C(C)C(=O)Oc1ccc(-c2cc(N(c3cccc(C)c3)c3cccc(C)c3)cc(N(c3cccc(C)c3)c3cccc(C)c3)c2)cc1. The first kappa shape index (κ1) is 32.1. The monoisotopic (exact) mass is 628 g/mol. The summed E-state index contributed by atoms with van der Waals surface area (Å²) < 4.78 is 5.51. The van der Waals surface area contributed by atoms with Crippen molar-refractivity contribution in [2.45, 2.75) is 34.6 Å². The molecular weight excluding hydrogens is 588 g/mol. The summed E-state index contributed by atoms with van der Waals surface area (Å²) in [4.78, 5) is 16.8. The topological polar surface area (TPSA) is 32.8 Å². The van der Waals surface area contributed by atoms with Crippen molar-refractivity contribution in [3.8, 4) is 16.9 Å². The van der Waals surface area contributed by atoms with Crippen LogP contribution in [0.15, 0.2) is 152 Å². The lowest BCUT2D eigenvalue weighted by molar-refractivity contribution is -0.130. The summed E-state index contributed by atoms with van der Waals surface area (Å²) in [7, 11) is 0. The summed E-state index contributed by atoms with van der Waals surface area (Å²) in [5, 5.41) is 0. The zero-order valence-corrected chi connectivity index (χ0v) is 28.2. The molecular formula is C44H40N2O2. The van der Waals surface area contributed by atoms with Gasteiger partial charge in [0.15, 0.2) is 0 Å². The standard InChI is InChI=1S/C44H40N2O2/c1-30(2)44(47)48-43-21-19-35(20-22-43)36-27-41(45(37-15-7-11-31(3)23-37)38-16-8-12-32(4)24-38)29-42(28-36)46(39-17-9-13-33(5)25-39)40-18-10-14-34(6)26-40/h7-29H,1H2,2-6H3. The molecule has 0 fully saturated rings. The van der Waals surface area contributed by atoms with Gasteiger partial charge in [0, 0.05) is 39.7 Å². The molecule has 6 aromatic rings. The third-order valence-corrected chi connectivity index (χ3v) is 8.21. The second-order valence-electron chi connectivity index (χ2n) is 12.5. The van der Waals surface area contributed by atoms with Crippen LogP contribution in [0.4, 0.5) is 34.1 Å². The van der Waals surface area contributed by atoms with Gasteiger partial charge < -0.3 is 14.5 Å². The lowest BCUT2D eigenvalue weighted by Gasteiger charge is -2.31. The summed E-state index contributed by atoms with van der Waals surface area (Å²) in [6, 6.07) is 48.8. The van der Waals surface area contributed by atoms with Crippen LogP contribution in [0.25, 0.3) is 11.1 Å². The van der Waals surface area contributed by atoms with Crippen molar-refractivity contribution in [2.24, 2.45) is 0 Å². The fourth-order valence-corrected chi connectivity index (χ4v) is 5.89. The maximum absolute atomic E-state index is 12.2. The Kier molecular flexibility index (Phi) is 9.26.